The van der Waals surface area contributed by atoms with Crippen molar-refractivity contribution < 1.29 is 14.6 Å². The van der Waals surface area contributed by atoms with Gasteiger partial charge in [-0.1, -0.05) is 27.5 Å². The molecule has 1 aliphatic rings. The van der Waals surface area contributed by atoms with E-state index in [1.807, 2.05) is 0 Å². The van der Waals surface area contributed by atoms with Crippen molar-refractivity contribution in [1.82, 2.24) is 4.98 Å². The van der Waals surface area contributed by atoms with Crippen LogP contribution in [0.1, 0.15) is 28.0 Å². The van der Waals surface area contributed by atoms with E-state index in [2.05, 4.69) is 20.9 Å². The van der Waals surface area contributed by atoms with Gasteiger partial charge in [0.15, 0.2) is 0 Å². The fourth-order valence-corrected chi connectivity index (χ4v) is 2.84. The van der Waals surface area contributed by atoms with Gasteiger partial charge in [-0.2, -0.15) is 0 Å². The van der Waals surface area contributed by atoms with Crippen LogP contribution in [0.15, 0.2) is 28.7 Å². The Balaban J connectivity index is 2.05. The van der Waals surface area contributed by atoms with Crippen LogP contribution in [-0.2, 0) is 12.8 Å². The maximum Gasteiger partial charge on any atom is 0.341 e. The Kier molecular flexibility index (Phi) is 3.87. The lowest BCUT2D eigenvalue weighted by molar-refractivity contribution is 0.0693. The second-order valence-corrected chi connectivity index (χ2v) is 6.11. The molecule has 0 atom stereocenters. The first-order chi connectivity index (χ1) is 10.0. The van der Waals surface area contributed by atoms with Gasteiger partial charge in [0.2, 0.25) is 5.88 Å². The maximum atomic E-state index is 11.4. The first-order valence-corrected chi connectivity index (χ1v) is 7.60. The van der Waals surface area contributed by atoms with Gasteiger partial charge in [0.1, 0.15) is 11.3 Å². The molecule has 0 aliphatic heterocycles. The predicted molar refractivity (Wildman–Crippen MR) is 82.4 cm³/mol. The Bertz CT molecular complexity index is 733. The second-order valence-electron chi connectivity index (χ2n) is 4.78. The number of pyridine rings is 1. The van der Waals surface area contributed by atoms with Crippen molar-refractivity contribution in [3.8, 4) is 11.6 Å². The minimum atomic E-state index is -1.06. The SMILES string of the molecule is O=C(O)c1cc2c(nc1Oc1cc(Br)ccc1Cl)CCC2. The zero-order valence-electron chi connectivity index (χ0n) is 10.9. The van der Waals surface area contributed by atoms with Crippen molar-refractivity contribution in [2.75, 3.05) is 0 Å². The summed E-state index contributed by atoms with van der Waals surface area (Å²) >= 11 is 9.41. The van der Waals surface area contributed by atoms with Gasteiger partial charge in [0.25, 0.3) is 0 Å². The molecule has 1 aliphatic carbocycles. The van der Waals surface area contributed by atoms with Gasteiger partial charge in [-0.3, -0.25) is 0 Å². The highest BCUT2D eigenvalue weighted by molar-refractivity contribution is 9.10. The van der Waals surface area contributed by atoms with Gasteiger partial charge < -0.3 is 9.84 Å². The molecule has 108 valence electrons. The lowest BCUT2D eigenvalue weighted by atomic mass is 10.1. The molecule has 6 heteroatoms. The second kappa shape index (κ2) is 5.66. The van der Waals surface area contributed by atoms with Gasteiger partial charge in [-0.05, 0) is 49.1 Å². The number of nitrogens with zero attached hydrogens (tertiary/aromatic N) is 1. The molecule has 0 saturated heterocycles. The highest BCUT2D eigenvalue weighted by atomic mass is 79.9. The summed E-state index contributed by atoms with van der Waals surface area (Å²) in [5.74, 6) is -0.597. The van der Waals surface area contributed by atoms with Crippen molar-refractivity contribution in [2.45, 2.75) is 19.3 Å². The van der Waals surface area contributed by atoms with Gasteiger partial charge in [0, 0.05) is 10.2 Å². The monoisotopic (exact) mass is 367 g/mol. The molecule has 3 rings (SSSR count). The Morgan fingerprint density at radius 2 is 2.14 bits per heavy atom. The number of carboxylic acid groups (broad SMARTS) is 1. The Morgan fingerprint density at radius 1 is 1.33 bits per heavy atom. The first kappa shape index (κ1) is 14.4. The smallest absolute Gasteiger partial charge is 0.341 e. The van der Waals surface area contributed by atoms with Crippen LogP contribution >= 0.6 is 27.5 Å². The van der Waals surface area contributed by atoms with E-state index in [0.29, 0.717) is 10.8 Å². The molecule has 21 heavy (non-hydrogen) atoms. The van der Waals surface area contributed by atoms with Crippen LogP contribution in [0.4, 0.5) is 0 Å². The third-order valence-corrected chi connectivity index (χ3v) is 4.15. The van der Waals surface area contributed by atoms with E-state index >= 15 is 0 Å². The topological polar surface area (TPSA) is 59.4 Å². The van der Waals surface area contributed by atoms with Crippen LogP contribution in [0.25, 0.3) is 0 Å². The van der Waals surface area contributed by atoms with E-state index < -0.39 is 5.97 Å². The van der Waals surface area contributed by atoms with Crippen molar-refractivity contribution in [1.29, 1.82) is 0 Å². The van der Waals surface area contributed by atoms with Gasteiger partial charge in [-0.25, -0.2) is 9.78 Å². The molecule has 1 heterocycles. The third kappa shape index (κ3) is 2.89. The lowest BCUT2D eigenvalue weighted by Gasteiger charge is -2.11. The predicted octanol–water partition coefficient (Wildman–Crippen LogP) is 4.48. The van der Waals surface area contributed by atoms with Crippen LogP contribution in [-0.4, -0.2) is 16.1 Å². The fraction of sp³-hybridized carbons (Fsp3) is 0.200. The van der Waals surface area contributed by atoms with Gasteiger partial charge in [0.05, 0.1) is 5.02 Å². The fourth-order valence-electron chi connectivity index (χ4n) is 2.34. The van der Waals surface area contributed by atoms with E-state index in [4.69, 9.17) is 16.3 Å². The molecule has 0 fully saturated rings. The molecular weight excluding hydrogens is 358 g/mol. The molecule has 0 saturated carbocycles. The number of fused-ring (bicyclic) bond motifs is 1. The van der Waals surface area contributed by atoms with Crippen LogP contribution in [0.3, 0.4) is 0 Å². The zero-order valence-corrected chi connectivity index (χ0v) is 13.2. The highest BCUT2D eigenvalue weighted by Gasteiger charge is 2.22. The summed E-state index contributed by atoms with van der Waals surface area (Å²) in [6, 6.07) is 6.79. The van der Waals surface area contributed by atoms with E-state index in [-0.39, 0.29) is 11.4 Å². The van der Waals surface area contributed by atoms with E-state index in [1.165, 1.54) is 0 Å². The Labute approximate surface area is 134 Å². The van der Waals surface area contributed by atoms with Crippen molar-refractivity contribution in [3.63, 3.8) is 0 Å². The van der Waals surface area contributed by atoms with E-state index in [0.717, 1.165) is 35.0 Å². The molecule has 0 unspecified atom stereocenters. The molecule has 0 radical (unpaired) electrons. The Hall–Kier alpha value is -1.59. The standard InChI is InChI=1S/C15H11BrClNO3/c16-9-4-5-11(17)13(7-9)21-14-10(15(19)20)6-8-2-1-3-12(8)18-14/h4-7H,1-3H2,(H,19,20). The summed E-state index contributed by atoms with van der Waals surface area (Å²) in [6.07, 6.45) is 2.70. The number of halogens is 2. The number of hydrogen-bond donors (Lipinski definition) is 1. The third-order valence-electron chi connectivity index (χ3n) is 3.35. The van der Waals surface area contributed by atoms with E-state index in [1.54, 1.807) is 24.3 Å². The van der Waals surface area contributed by atoms with Gasteiger partial charge in [-0.15, -0.1) is 0 Å². The molecule has 1 N–H and O–H groups in total. The number of aromatic carboxylic acids is 1. The summed E-state index contributed by atoms with van der Waals surface area (Å²) < 4.78 is 6.45. The molecule has 0 amide bonds. The molecule has 4 nitrogen and oxygen atoms in total. The van der Waals surface area contributed by atoms with Gasteiger partial charge >= 0.3 is 5.97 Å². The quantitative estimate of drug-likeness (QED) is 0.868. The number of aromatic nitrogens is 1. The van der Waals surface area contributed by atoms with Crippen LogP contribution in [0.5, 0.6) is 11.6 Å². The molecule has 1 aromatic heterocycles. The lowest BCUT2D eigenvalue weighted by Crippen LogP contribution is -2.05. The van der Waals surface area contributed by atoms with Crippen LogP contribution < -0.4 is 4.74 Å². The average molecular weight is 369 g/mol. The molecule has 0 spiro atoms. The molecule has 0 bridgehead atoms. The number of carbonyl (C=O) groups is 1. The minimum absolute atomic E-state index is 0.0618. The number of ether oxygens (including phenoxy) is 1. The number of hydrogen-bond acceptors (Lipinski definition) is 3. The summed E-state index contributed by atoms with van der Waals surface area (Å²) in [6.45, 7) is 0. The summed E-state index contributed by atoms with van der Waals surface area (Å²) in [4.78, 5) is 15.8. The largest absolute Gasteiger partial charge is 0.477 e. The molecule has 2 aromatic rings. The average Bonchev–Trinajstić information content (AvgIpc) is 2.89. The van der Waals surface area contributed by atoms with Crippen LogP contribution in [0, 0.1) is 0 Å². The zero-order chi connectivity index (χ0) is 15.0. The normalized spacial score (nSPS) is 13.0. The highest BCUT2D eigenvalue weighted by Crippen LogP contribution is 2.34. The van der Waals surface area contributed by atoms with Crippen molar-refractivity contribution in [3.05, 3.63) is 50.6 Å². The summed E-state index contributed by atoms with van der Waals surface area (Å²) in [5, 5.41) is 9.74. The van der Waals surface area contributed by atoms with Crippen molar-refractivity contribution in [2.24, 2.45) is 0 Å². The Morgan fingerprint density at radius 3 is 2.90 bits per heavy atom. The number of aryl methyl sites for hydroxylation is 2. The maximum absolute atomic E-state index is 11.4. The molecular formula is C15H11BrClNO3. The number of carboxylic acids is 1. The summed E-state index contributed by atoms with van der Waals surface area (Å²) in [5.41, 5.74) is 1.95. The number of benzene rings is 1. The minimum Gasteiger partial charge on any atom is -0.477 e. The van der Waals surface area contributed by atoms with E-state index in [9.17, 15) is 9.90 Å². The summed E-state index contributed by atoms with van der Waals surface area (Å²) in [7, 11) is 0. The molecule has 1 aromatic carbocycles. The van der Waals surface area contributed by atoms with Crippen LogP contribution in [0.2, 0.25) is 5.02 Å². The van der Waals surface area contributed by atoms with Crippen molar-refractivity contribution >= 4 is 33.5 Å². The first-order valence-electron chi connectivity index (χ1n) is 6.43. The number of rotatable bonds is 3.